The molecule has 0 aliphatic rings. The number of aromatic nitrogens is 2. The van der Waals surface area contributed by atoms with E-state index in [4.69, 9.17) is 10.5 Å². The Labute approximate surface area is 114 Å². The second-order valence-electron chi connectivity index (χ2n) is 4.58. The minimum Gasteiger partial charge on any atom is -0.485 e. The summed E-state index contributed by atoms with van der Waals surface area (Å²) in [6, 6.07) is 7.89. The van der Waals surface area contributed by atoms with Crippen LogP contribution in [0.5, 0.6) is 5.75 Å². The van der Waals surface area contributed by atoms with Crippen molar-refractivity contribution in [2.24, 2.45) is 0 Å². The third kappa shape index (κ3) is 2.89. The van der Waals surface area contributed by atoms with Gasteiger partial charge in [0, 0.05) is 6.54 Å². The average Bonchev–Trinajstić information content (AvgIpc) is 2.80. The van der Waals surface area contributed by atoms with Gasteiger partial charge in [0.2, 0.25) is 0 Å². The molecule has 102 valence electrons. The number of anilines is 1. The molecule has 1 heterocycles. The second-order valence-corrected chi connectivity index (χ2v) is 4.58. The maximum Gasteiger partial charge on any atom is 0.145 e. The highest BCUT2D eigenvalue weighted by molar-refractivity contribution is 5.56. The zero-order valence-corrected chi connectivity index (χ0v) is 11.8. The SMILES string of the molecule is CCc1cc(COc2c(C)cccc2N)n(CC)n1. The summed E-state index contributed by atoms with van der Waals surface area (Å²) in [5, 5.41) is 4.51. The molecule has 2 N–H and O–H groups in total. The molecule has 0 spiro atoms. The van der Waals surface area contributed by atoms with E-state index in [1.807, 2.05) is 29.8 Å². The summed E-state index contributed by atoms with van der Waals surface area (Å²) in [7, 11) is 0. The van der Waals surface area contributed by atoms with Crippen LogP contribution in [0.3, 0.4) is 0 Å². The Morgan fingerprint density at radius 2 is 2.11 bits per heavy atom. The van der Waals surface area contributed by atoms with Gasteiger partial charge in [-0.3, -0.25) is 4.68 Å². The summed E-state index contributed by atoms with van der Waals surface area (Å²) in [6.07, 6.45) is 0.937. The standard InChI is InChI=1S/C15H21N3O/c1-4-12-9-13(18(5-2)17-12)10-19-15-11(3)7-6-8-14(15)16/h6-9H,4-5,10,16H2,1-3H3. The van der Waals surface area contributed by atoms with Gasteiger partial charge in [0.1, 0.15) is 12.4 Å². The van der Waals surface area contributed by atoms with Crippen molar-refractivity contribution in [2.75, 3.05) is 5.73 Å². The van der Waals surface area contributed by atoms with E-state index in [1.165, 1.54) is 0 Å². The zero-order chi connectivity index (χ0) is 13.8. The number of nitrogens with zero attached hydrogens (tertiary/aromatic N) is 2. The van der Waals surface area contributed by atoms with Crippen LogP contribution >= 0.6 is 0 Å². The molecule has 0 saturated carbocycles. The van der Waals surface area contributed by atoms with Crippen LogP contribution in [-0.2, 0) is 19.6 Å². The predicted molar refractivity (Wildman–Crippen MR) is 77.2 cm³/mol. The van der Waals surface area contributed by atoms with Gasteiger partial charge in [-0.25, -0.2) is 0 Å². The van der Waals surface area contributed by atoms with E-state index < -0.39 is 0 Å². The molecule has 0 unspecified atom stereocenters. The van der Waals surface area contributed by atoms with Gasteiger partial charge in [0.15, 0.2) is 0 Å². The fraction of sp³-hybridized carbons (Fsp3) is 0.400. The normalized spacial score (nSPS) is 10.7. The van der Waals surface area contributed by atoms with Crippen LogP contribution in [0.4, 0.5) is 5.69 Å². The van der Waals surface area contributed by atoms with Crippen LogP contribution in [-0.4, -0.2) is 9.78 Å². The summed E-state index contributed by atoms with van der Waals surface area (Å²) in [6.45, 7) is 7.53. The average molecular weight is 259 g/mol. The van der Waals surface area contributed by atoms with Crippen molar-refractivity contribution in [2.45, 2.75) is 40.3 Å². The van der Waals surface area contributed by atoms with Crippen molar-refractivity contribution in [3.8, 4) is 5.75 Å². The van der Waals surface area contributed by atoms with Crippen LogP contribution in [0.2, 0.25) is 0 Å². The van der Waals surface area contributed by atoms with Gasteiger partial charge in [-0.05, 0) is 38.0 Å². The molecule has 2 aromatic rings. The lowest BCUT2D eigenvalue weighted by atomic mass is 10.2. The number of rotatable bonds is 5. The van der Waals surface area contributed by atoms with Gasteiger partial charge >= 0.3 is 0 Å². The molecule has 4 heteroatoms. The Morgan fingerprint density at radius 3 is 2.74 bits per heavy atom. The van der Waals surface area contributed by atoms with E-state index in [2.05, 4.69) is 25.0 Å². The molecule has 0 radical (unpaired) electrons. The van der Waals surface area contributed by atoms with Crippen molar-refractivity contribution in [3.05, 3.63) is 41.2 Å². The first-order valence-electron chi connectivity index (χ1n) is 6.69. The molecule has 4 nitrogen and oxygen atoms in total. The molecular weight excluding hydrogens is 238 g/mol. The Balaban J connectivity index is 2.16. The molecule has 19 heavy (non-hydrogen) atoms. The number of aryl methyl sites for hydroxylation is 3. The molecular formula is C15H21N3O. The largest absolute Gasteiger partial charge is 0.485 e. The van der Waals surface area contributed by atoms with Crippen molar-refractivity contribution in [1.82, 2.24) is 9.78 Å². The maximum atomic E-state index is 5.94. The van der Waals surface area contributed by atoms with Gasteiger partial charge in [-0.1, -0.05) is 19.1 Å². The molecule has 1 aromatic heterocycles. The molecule has 0 atom stereocenters. The summed E-state index contributed by atoms with van der Waals surface area (Å²) < 4.78 is 7.85. The van der Waals surface area contributed by atoms with Gasteiger partial charge in [-0.2, -0.15) is 5.10 Å². The molecule has 0 amide bonds. The number of hydrogen-bond donors (Lipinski definition) is 1. The molecule has 2 rings (SSSR count). The Morgan fingerprint density at radius 1 is 1.32 bits per heavy atom. The number of nitrogen functional groups attached to an aromatic ring is 1. The van der Waals surface area contributed by atoms with E-state index >= 15 is 0 Å². The molecule has 0 saturated heterocycles. The summed E-state index contributed by atoms with van der Waals surface area (Å²) >= 11 is 0. The third-order valence-electron chi connectivity index (χ3n) is 3.18. The van der Waals surface area contributed by atoms with Crippen LogP contribution < -0.4 is 10.5 Å². The number of para-hydroxylation sites is 1. The number of benzene rings is 1. The Hall–Kier alpha value is -1.97. The van der Waals surface area contributed by atoms with Crippen molar-refractivity contribution in [1.29, 1.82) is 0 Å². The molecule has 0 fully saturated rings. The fourth-order valence-corrected chi connectivity index (χ4v) is 2.10. The number of nitrogens with two attached hydrogens (primary N) is 1. The first kappa shape index (κ1) is 13.5. The molecule has 0 aliphatic heterocycles. The van der Waals surface area contributed by atoms with Crippen molar-refractivity contribution >= 4 is 5.69 Å². The maximum absolute atomic E-state index is 5.94. The molecule has 0 aliphatic carbocycles. The summed E-state index contributed by atoms with van der Waals surface area (Å²) in [4.78, 5) is 0. The Bertz CT molecular complexity index is 540. The zero-order valence-electron chi connectivity index (χ0n) is 11.8. The number of hydrogen-bond acceptors (Lipinski definition) is 3. The highest BCUT2D eigenvalue weighted by Gasteiger charge is 2.09. The number of ether oxygens (including phenoxy) is 1. The smallest absolute Gasteiger partial charge is 0.145 e. The van der Waals surface area contributed by atoms with E-state index in [0.717, 1.165) is 35.7 Å². The summed E-state index contributed by atoms with van der Waals surface area (Å²) in [5.41, 5.74) is 9.85. The van der Waals surface area contributed by atoms with Gasteiger partial charge in [-0.15, -0.1) is 0 Å². The third-order valence-corrected chi connectivity index (χ3v) is 3.18. The lowest BCUT2D eigenvalue weighted by molar-refractivity contribution is 0.292. The molecule has 0 bridgehead atoms. The van der Waals surface area contributed by atoms with Crippen molar-refractivity contribution in [3.63, 3.8) is 0 Å². The van der Waals surface area contributed by atoms with E-state index in [-0.39, 0.29) is 0 Å². The first-order valence-corrected chi connectivity index (χ1v) is 6.69. The minimum atomic E-state index is 0.496. The van der Waals surface area contributed by atoms with Gasteiger partial charge in [0.05, 0.1) is 17.1 Å². The highest BCUT2D eigenvalue weighted by Crippen LogP contribution is 2.26. The molecule has 1 aromatic carbocycles. The monoisotopic (exact) mass is 259 g/mol. The summed E-state index contributed by atoms with van der Waals surface area (Å²) in [5.74, 6) is 0.768. The topological polar surface area (TPSA) is 53.1 Å². The van der Waals surface area contributed by atoms with Crippen LogP contribution in [0, 0.1) is 6.92 Å². The van der Waals surface area contributed by atoms with Gasteiger partial charge in [0.25, 0.3) is 0 Å². The van der Waals surface area contributed by atoms with E-state index in [1.54, 1.807) is 0 Å². The van der Waals surface area contributed by atoms with Crippen LogP contribution in [0.15, 0.2) is 24.3 Å². The second kappa shape index (κ2) is 5.78. The first-order chi connectivity index (χ1) is 9.15. The van der Waals surface area contributed by atoms with Crippen LogP contribution in [0.25, 0.3) is 0 Å². The van der Waals surface area contributed by atoms with Crippen molar-refractivity contribution < 1.29 is 4.74 Å². The predicted octanol–water partition coefficient (Wildman–Crippen LogP) is 2.94. The quantitative estimate of drug-likeness (QED) is 0.840. The van der Waals surface area contributed by atoms with E-state index in [0.29, 0.717) is 12.3 Å². The van der Waals surface area contributed by atoms with Gasteiger partial charge < -0.3 is 10.5 Å². The Kier molecular flexibility index (Phi) is 4.10. The fourth-order valence-electron chi connectivity index (χ4n) is 2.10. The highest BCUT2D eigenvalue weighted by atomic mass is 16.5. The lowest BCUT2D eigenvalue weighted by Gasteiger charge is -2.12. The minimum absolute atomic E-state index is 0.496. The van der Waals surface area contributed by atoms with Crippen LogP contribution in [0.1, 0.15) is 30.8 Å². The van der Waals surface area contributed by atoms with E-state index in [9.17, 15) is 0 Å². The lowest BCUT2D eigenvalue weighted by Crippen LogP contribution is -2.07.